The fourth-order valence-electron chi connectivity index (χ4n) is 9.93. The molecule has 96 heavy (non-hydrogen) atoms. The van der Waals surface area contributed by atoms with Crippen molar-refractivity contribution >= 4 is 99.3 Å². The Bertz CT molecular complexity index is 3230. The average Bonchev–Trinajstić information content (AvgIpc) is 1.63. The van der Waals surface area contributed by atoms with Crippen molar-refractivity contribution in [2.75, 3.05) is 6.54 Å². The van der Waals surface area contributed by atoms with Crippen LogP contribution in [0.4, 0.5) is 0 Å². The number of carbonyl (C=O) groups is 15. The smallest absolute Gasteiger partial charge is 0.446 e. The molecule has 1 heterocycles. The van der Waals surface area contributed by atoms with Crippen molar-refractivity contribution in [2.45, 2.75) is 191 Å². The number of carboxylic acids is 5. The molecule has 36 heteroatoms. The number of hydrogen-bond donors (Lipinski definition) is 16. The second-order valence-electron chi connectivity index (χ2n) is 23.3. The number of hydrogen-bond acceptors (Lipinski definition) is 19. The Hall–Kier alpha value is -9.84. The van der Waals surface area contributed by atoms with Gasteiger partial charge in [-0.1, -0.05) is 76.6 Å². The lowest BCUT2D eigenvalue weighted by molar-refractivity contribution is -0.144. The highest BCUT2D eigenvalue weighted by molar-refractivity contribution is 7.81. The SMILES string of the molecule is CC[C@H](C)[C@H](NC(=O)[C@H](CCC(=O)O)NC(=O)[C@H](CCC(=O)O)NC(=O)[C@@H](N)Cc1ccccc1)C(=O)N1CCC[C@H]1C(=O)N[C@@H](CCC(=O)O)C(=O)N[C@@H](CCC(=O)O)C(=O)N[C@@H](Cc1ccc(OS(=O)(=O)O)cc1)C(=O)N[C@@H](CC(C)C)C(=O)N[C@@H](CCC(N)=O)C(=O)O. The van der Waals surface area contributed by atoms with E-state index in [1.54, 1.807) is 58.0 Å². The van der Waals surface area contributed by atoms with E-state index in [-0.39, 0.29) is 50.1 Å². The molecule has 0 saturated carbocycles. The summed E-state index contributed by atoms with van der Waals surface area (Å²) in [4.78, 5) is 199. The van der Waals surface area contributed by atoms with Gasteiger partial charge in [-0.15, -0.1) is 0 Å². The molecule has 0 aromatic heterocycles. The van der Waals surface area contributed by atoms with Crippen LogP contribution in [-0.2, 0) is 95.2 Å². The fraction of sp³-hybridized carbons (Fsp3) is 0.550. The largest absolute Gasteiger partial charge is 0.481 e. The number of carboxylic acid groups (broad SMARTS) is 5. The predicted molar refractivity (Wildman–Crippen MR) is 333 cm³/mol. The topological polar surface area (TPSA) is 572 Å². The molecule has 10 amide bonds. The van der Waals surface area contributed by atoms with Crippen LogP contribution in [-0.4, -0.2) is 199 Å². The standard InChI is InChI=1S/C60H85N11O24S/c1-5-32(4)50(70-55(85)40(21-26-49(79)80)65-52(82)37(18-23-46(73)74)63-51(81)36(61)29-33-10-7-6-8-11-33)59(89)71-27-9-12-44(71)58(88)66-39(20-25-48(77)78)53(83)64-38(19-24-47(75)76)54(84)69-43(30-34-13-15-35(16-14-34)95-96(92,93)94)57(87)68-42(28-31(2)3)56(86)67-41(60(90)91)17-22-45(62)72/h6-8,10-11,13-16,31-32,36-44,50H,5,9,12,17-30,61H2,1-4H3,(H2,62,72)(H,63,81)(H,64,83)(H,65,82)(H,66,88)(H,67,86)(H,68,87)(H,69,84)(H,70,85)(H,73,74)(H,75,76)(H,77,78)(H,79,80)(H,90,91)(H,92,93,94)/t32-,36-,37-,38-,39-,40-,41-,42-,43-,44-,50-/m0/s1. The normalized spacial score (nSPS) is 15.9. The van der Waals surface area contributed by atoms with Gasteiger partial charge in [0.15, 0.2) is 0 Å². The first-order valence-electron chi connectivity index (χ1n) is 30.7. The maximum Gasteiger partial charge on any atom is 0.446 e. The Labute approximate surface area is 551 Å². The number of amides is 10. The third kappa shape index (κ3) is 28.8. The van der Waals surface area contributed by atoms with Crippen LogP contribution < -0.4 is 58.2 Å². The number of nitrogens with one attached hydrogen (secondary N) is 8. The zero-order valence-corrected chi connectivity index (χ0v) is 54.0. The van der Waals surface area contributed by atoms with Crippen LogP contribution in [0.15, 0.2) is 54.6 Å². The molecular weight excluding hydrogens is 1290 g/mol. The van der Waals surface area contributed by atoms with E-state index in [4.69, 9.17) is 11.5 Å². The summed E-state index contributed by atoms with van der Waals surface area (Å²) in [7, 11) is -5.01. The van der Waals surface area contributed by atoms with Crippen molar-refractivity contribution in [3.63, 3.8) is 0 Å². The highest BCUT2D eigenvalue weighted by Crippen LogP contribution is 2.23. The van der Waals surface area contributed by atoms with Crippen molar-refractivity contribution in [3.05, 3.63) is 65.7 Å². The minimum Gasteiger partial charge on any atom is -0.481 e. The van der Waals surface area contributed by atoms with Gasteiger partial charge in [-0.05, 0) is 92.9 Å². The summed E-state index contributed by atoms with van der Waals surface area (Å²) < 4.78 is 36.4. The molecule has 18 N–H and O–H groups in total. The number of carbonyl (C=O) groups excluding carboxylic acids is 10. The number of likely N-dealkylation sites (tertiary alicyclic amines) is 1. The lowest BCUT2D eigenvalue weighted by atomic mass is 9.96. The zero-order valence-electron chi connectivity index (χ0n) is 53.2. The summed E-state index contributed by atoms with van der Waals surface area (Å²) in [5, 5.41) is 67.4. The molecule has 2 aromatic carbocycles. The van der Waals surface area contributed by atoms with Gasteiger partial charge in [0.25, 0.3) is 0 Å². The minimum atomic E-state index is -5.01. The summed E-state index contributed by atoms with van der Waals surface area (Å²) >= 11 is 0. The Morgan fingerprint density at radius 1 is 0.531 bits per heavy atom. The van der Waals surface area contributed by atoms with E-state index in [0.717, 1.165) is 17.0 Å². The molecule has 0 spiro atoms. The van der Waals surface area contributed by atoms with E-state index < -0.39 is 242 Å². The van der Waals surface area contributed by atoms with Crippen molar-refractivity contribution in [1.29, 1.82) is 0 Å². The highest BCUT2D eigenvalue weighted by atomic mass is 32.3. The fourth-order valence-corrected chi connectivity index (χ4v) is 10.3. The molecule has 1 fully saturated rings. The molecule has 1 aliphatic heterocycles. The Kier molecular flexibility index (Phi) is 32.8. The molecule has 530 valence electrons. The van der Waals surface area contributed by atoms with Gasteiger partial charge < -0.3 is 88.6 Å². The van der Waals surface area contributed by atoms with Crippen LogP contribution in [0.5, 0.6) is 5.75 Å². The third-order valence-electron chi connectivity index (χ3n) is 15.2. The van der Waals surface area contributed by atoms with Crippen molar-refractivity contribution < 1.29 is 115 Å². The van der Waals surface area contributed by atoms with Gasteiger partial charge in [-0.25, -0.2) is 4.79 Å². The summed E-state index contributed by atoms with van der Waals surface area (Å²) in [5.41, 5.74) is 12.1. The molecule has 3 rings (SSSR count). The lowest BCUT2D eigenvalue weighted by Gasteiger charge is -2.33. The number of nitrogens with two attached hydrogens (primary N) is 2. The monoisotopic (exact) mass is 1380 g/mol. The van der Waals surface area contributed by atoms with Gasteiger partial charge in [0, 0.05) is 45.1 Å². The van der Waals surface area contributed by atoms with Gasteiger partial charge in [0.05, 0.1) is 6.04 Å². The maximum atomic E-state index is 14.7. The Balaban J connectivity index is 1.98. The lowest BCUT2D eigenvalue weighted by Crippen LogP contribution is -2.61. The summed E-state index contributed by atoms with van der Waals surface area (Å²) in [6.45, 7) is 6.34. The number of benzene rings is 2. The number of aliphatic carboxylic acids is 5. The summed E-state index contributed by atoms with van der Waals surface area (Å²) in [6, 6.07) is -3.29. The van der Waals surface area contributed by atoms with Crippen LogP contribution in [0, 0.1) is 11.8 Å². The molecular formula is C60H85N11O24S. The van der Waals surface area contributed by atoms with E-state index in [9.17, 15) is 110 Å². The van der Waals surface area contributed by atoms with E-state index in [2.05, 4.69) is 46.7 Å². The van der Waals surface area contributed by atoms with Crippen LogP contribution in [0.1, 0.15) is 129 Å². The first-order valence-corrected chi connectivity index (χ1v) is 32.0. The van der Waals surface area contributed by atoms with Gasteiger partial charge in [0.1, 0.15) is 60.1 Å². The molecule has 11 atom stereocenters. The van der Waals surface area contributed by atoms with Crippen LogP contribution in [0.3, 0.4) is 0 Å². The number of rotatable bonds is 43. The van der Waals surface area contributed by atoms with Gasteiger partial charge in [0.2, 0.25) is 59.1 Å². The van der Waals surface area contributed by atoms with Crippen LogP contribution in [0.25, 0.3) is 0 Å². The Morgan fingerprint density at radius 3 is 1.39 bits per heavy atom. The van der Waals surface area contributed by atoms with Crippen LogP contribution in [0.2, 0.25) is 0 Å². The number of primary amides is 1. The van der Waals surface area contributed by atoms with E-state index in [1.165, 1.54) is 12.1 Å². The highest BCUT2D eigenvalue weighted by Gasteiger charge is 2.42. The maximum absolute atomic E-state index is 14.7. The van der Waals surface area contributed by atoms with Crippen molar-refractivity contribution in [1.82, 2.24) is 47.4 Å². The second kappa shape index (κ2) is 39.1. The zero-order chi connectivity index (χ0) is 72.1. The second-order valence-corrected chi connectivity index (χ2v) is 24.4. The predicted octanol–water partition coefficient (Wildman–Crippen LogP) is -2.25. The van der Waals surface area contributed by atoms with Crippen molar-refractivity contribution in [3.8, 4) is 5.75 Å². The Morgan fingerprint density at radius 2 is 0.938 bits per heavy atom. The molecule has 0 aliphatic carbocycles. The molecule has 0 radical (unpaired) electrons. The molecule has 1 aliphatic rings. The molecule has 1 saturated heterocycles. The van der Waals surface area contributed by atoms with Crippen molar-refractivity contribution in [2.24, 2.45) is 23.3 Å². The van der Waals surface area contributed by atoms with E-state index in [1.807, 2.05) is 0 Å². The van der Waals surface area contributed by atoms with Gasteiger partial charge in [-0.3, -0.25) is 71.7 Å². The number of nitrogens with zero attached hydrogens (tertiary/aromatic N) is 1. The first-order chi connectivity index (χ1) is 45.0. The summed E-state index contributed by atoms with van der Waals surface area (Å²) in [5.74, 6) is -19.5. The molecule has 35 nitrogen and oxygen atoms in total. The van der Waals surface area contributed by atoms with Crippen LogP contribution >= 0.6 is 0 Å². The first kappa shape index (κ1) is 80.4. The minimum absolute atomic E-state index is 0.0162. The molecule has 0 unspecified atom stereocenters. The average molecular weight is 1380 g/mol. The van der Waals surface area contributed by atoms with Gasteiger partial charge >= 0.3 is 40.2 Å². The van der Waals surface area contributed by atoms with E-state index >= 15 is 0 Å². The molecule has 0 bridgehead atoms. The third-order valence-corrected chi connectivity index (χ3v) is 15.6. The van der Waals surface area contributed by atoms with Gasteiger partial charge in [-0.2, -0.15) is 8.42 Å². The van der Waals surface area contributed by atoms with E-state index in [0.29, 0.717) is 5.56 Å². The summed E-state index contributed by atoms with van der Waals surface area (Å²) in [6.07, 6.45) is -6.84. The molecule has 2 aromatic rings. The quantitative estimate of drug-likeness (QED) is 0.0312.